The highest BCUT2D eigenvalue weighted by Crippen LogP contribution is 2.68. The van der Waals surface area contributed by atoms with Gasteiger partial charge in [-0.25, -0.2) is 0 Å². The molecule has 0 aromatic rings. The Bertz CT molecular complexity index is 662. The van der Waals surface area contributed by atoms with Crippen LogP contribution in [0, 0.1) is 52.3 Å². The van der Waals surface area contributed by atoms with Gasteiger partial charge in [-0.2, -0.15) is 0 Å². The fourth-order valence-electron chi connectivity index (χ4n) is 9.53. The molecule has 9 atom stereocenters. The van der Waals surface area contributed by atoms with Crippen LogP contribution in [-0.2, 0) is 4.74 Å². The van der Waals surface area contributed by atoms with Crippen molar-refractivity contribution < 1.29 is 4.74 Å². The van der Waals surface area contributed by atoms with Gasteiger partial charge in [0.2, 0.25) is 4.38 Å². The number of ether oxygens (including phenoxy) is 1. The van der Waals surface area contributed by atoms with Crippen molar-refractivity contribution in [3.05, 3.63) is 0 Å². The summed E-state index contributed by atoms with van der Waals surface area (Å²) in [6, 6.07) is 0. The second-order valence-corrected chi connectivity index (χ2v) is 14.6. The molecule has 0 aromatic carbocycles. The monoisotopic (exact) mass is 478 g/mol. The maximum absolute atomic E-state index is 6.14. The van der Waals surface area contributed by atoms with E-state index in [9.17, 15) is 0 Å². The van der Waals surface area contributed by atoms with Crippen molar-refractivity contribution in [1.82, 2.24) is 0 Å². The van der Waals surface area contributed by atoms with Gasteiger partial charge in [-0.3, -0.25) is 0 Å². The Kier molecular flexibility index (Phi) is 7.98. The third kappa shape index (κ3) is 4.69. The van der Waals surface area contributed by atoms with Gasteiger partial charge in [0.1, 0.15) is 6.10 Å². The highest BCUT2D eigenvalue weighted by atomic mass is 32.2. The molecule has 0 amide bonds. The van der Waals surface area contributed by atoms with Crippen LogP contribution in [0.25, 0.3) is 0 Å². The molecule has 4 aliphatic rings. The maximum Gasteiger partial charge on any atom is 0.219 e. The van der Waals surface area contributed by atoms with Crippen molar-refractivity contribution in [2.45, 2.75) is 118 Å². The van der Waals surface area contributed by atoms with Crippen LogP contribution in [0.2, 0.25) is 0 Å². The summed E-state index contributed by atoms with van der Waals surface area (Å²) in [5, 5.41) is 0. The van der Waals surface area contributed by atoms with E-state index in [0.29, 0.717) is 16.9 Å². The van der Waals surface area contributed by atoms with Gasteiger partial charge in [0, 0.05) is 0 Å². The number of hydrogen-bond acceptors (Lipinski definition) is 3. The van der Waals surface area contributed by atoms with E-state index in [0.717, 1.165) is 45.8 Å². The number of thioether (sulfide) groups is 1. The Morgan fingerprint density at radius 1 is 0.938 bits per heavy atom. The molecule has 0 unspecified atom stereocenters. The Balaban J connectivity index is 1.42. The van der Waals surface area contributed by atoms with Gasteiger partial charge < -0.3 is 4.74 Å². The lowest BCUT2D eigenvalue weighted by atomic mass is 9.44. The van der Waals surface area contributed by atoms with E-state index in [1.807, 2.05) is 6.26 Å². The SMILES string of the molecule is CSC(=S)O[C@@H]1CC[C@@]2(C)[C@@H](CC[C@@H]3[C@H]2CC[C@@]2(C)[C@H]3CC[C@H]2[C@H](C)CCCC(C)C)C1. The van der Waals surface area contributed by atoms with Crippen molar-refractivity contribution in [3.8, 4) is 0 Å². The summed E-state index contributed by atoms with van der Waals surface area (Å²) in [7, 11) is 0. The zero-order valence-electron chi connectivity index (χ0n) is 21.8. The van der Waals surface area contributed by atoms with Crippen molar-refractivity contribution >= 4 is 28.4 Å². The molecule has 184 valence electrons. The van der Waals surface area contributed by atoms with Crippen LogP contribution >= 0.6 is 24.0 Å². The topological polar surface area (TPSA) is 9.23 Å². The first kappa shape index (κ1) is 25.3. The lowest BCUT2D eigenvalue weighted by Crippen LogP contribution is -2.54. The molecule has 0 saturated heterocycles. The Morgan fingerprint density at radius 2 is 1.66 bits per heavy atom. The fraction of sp³-hybridized carbons (Fsp3) is 0.966. The molecule has 0 aliphatic heterocycles. The third-order valence-corrected chi connectivity index (χ3v) is 12.3. The van der Waals surface area contributed by atoms with E-state index < -0.39 is 0 Å². The van der Waals surface area contributed by atoms with E-state index in [4.69, 9.17) is 17.0 Å². The second-order valence-electron chi connectivity index (χ2n) is 13.2. The first-order valence-corrected chi connectivity index (χ1v) is 15.6. The van der Waals surface area contributed by atoms with Gasteiger partial charge in [0.15, 0.2) is 0 Å². The molecule has 0 bridgehead atoms. The van der Waals surface area contributed by atoms with E-state index in [-0.39, 0.29) is 0 Å². The quantitative estimate of drug-likeness (QED) is 0.352. The summed E-state index contributed by atoms with van der Waals surface area (Å²) in [5.41, 5.74) is 1.17. The predicted octanol–water partition coefficient (Wildman–Crippen LogP) is 9.14. The summed E-state index contributed by atoms with van der Waals surface area (Å²) in [5.74, 6) is 6.55. The lowest BCUT2D eigenvalue weighted by molar-refractivity contribution is -0.127. The molecule has 0 heterocycles. The third-order valence-electron chi connectivity index (χ3n) is 11.2. The molecular weight excluding hydrogens is 428 g/mol. The summed E-state index contributed by atoms with van der Waals surface area (Å²) >= 11 is 6.97. The highest BCUT2D eigenvalue weighted by molar-refractivity contribution is 8.22. The highest BCUT2D eigenvalue weighted by Gasteiger charge is 2.60. The Labute approximate surface area is 209 Å². The molecule has 1 nitrogen and oxygen atoms in total. The molecule has 3 heteroatoms. The average Bonchev–Trinajstić information content (AvgIpc) is 3.11. The Hall–Kier alpha value is 0.240. The van der Waals surface area contributed by atoms with Gasteiger partial charge in [-0.05, 0) is 129 Å². The molecule has 4 rings (SSSR count). The minimum Gasteiger partial charge on any atom is -0.475 e. The van der Waals surface area contributed by atoms with E-state index >= 15 is 0 Å². The molecule has 0 aromatic heterocycles. The van der Waals surface area contributed by atoms with E-state index in [1.165, 1.54) is 77.0 Å². The molecular formula is C29H50OS2. The number of fused-ring (bicyclic) bond motifs is 5. The summed E-state index contributed by atoms with van der Waals surface area (Å²) in [6.45, 7) is 12.8. The molecule has 0 radical (unpaired) electrons. The van der Waals surface area contributed by atoms with Crippen LogP contribution in [-0.4, -0.2) is 16.7 Å². The van der Waals surface area contributed by atoms with Gasteiger partial charge in [-0.15, -0.1) is 0 Å². The summed E-state index contributed by atoms with van der Waals surface area (Å²) in [6.07, 6.45) is 19.5. The van der Waals surface area contributed by atoms with Crippen LogP contribution in [0.3, 0.4) is 0 Å². The van der Waals surface area contributed by atoms with E-state index in [1.54, 1.807) is 11.8 Å². The number of hydrogen-bond donors (Lipinski definition) is 0. The largest absolute Gasteiger partial charge is 0.475 e. The molecule has 4 aliphatic carbocycles. The van der Waals surface area contributed by atoms with Crippen LogP contribution in [0.5, 0.6) is 0 Å². The normalized spacial score (nSPS) is 44.5. The zero-order chi connectivity index (χ0) is 23.1. The van der Waals surface area contributed by atoms with E-state index in [2.05, 4.69) is 34.6 Å². The lowest BCUT2D eigenvalue weighted by Gasteiger charge is -2.61. The smallest absolute Gasteiger partial charge is 0.219 e. The molecule has 0 spiro atoms. The van der Waals surface area contributed by atoms with Gasteiger partial charge in [0.05, 0.1) is 0 Å². The zero-order valence-corrected chi connectivity index (χ0v) is 23.5. The standard InChI is InChI=1S/C29H50OS2/c1-19(2)8-7-9-20(3)24-12-13-25-23-11-10-21-18-22(30-27(31)32-6)14-16-28(21,4)26(23)15-17-29(24,25)5/h19-26H,7-18H2,1-6H3/t20-,21+,22-,23+,24+,25+,26-,28+,29-/m1/s1. The van der Waals surface area contributed by atoms with Gasteiger partial charge in [0.25, 0.3) is 0 Å². The predicted molar refractivity (Wildman–Crippen MR) is 144 cm³/mol. The van der Waals surface area contributed by atoms with Crippen LogP contribution in [0.4, 0.5) is 0 Å². The Morgan fingerprint density at radius 3 is 2.38 bits per heavy atom. The summed E-state index contributed by atoms with van der Waals surface area (Å²) < 4.78 is 6.89. The van der Waals surface area contributed by atoms with Crippen molar-refractivity contribution in [2.75, 3.05) is 6.26 Å². The van der Waals surface area contributed by atoms with Crippen LogP contribution in [0.1, 0.15) is 112 Å². The number of rotatable bonds is 6. The first-order chi connectivity index (χ1) is 15.2. The minimum absolute atomic E-state index is 0.376. The maximum atomic E-state index is 6.14. The van der Waals surface area contributed by atoms with Crippen molar-refractivity contribution in [3.63, 3.8) is 0 Å². The van der Waals surface area contributed by atoms with Gasteiger partial charge in [-0.1, -0.05) is 65.6 Å². The molecule has 4 saturated carbocycles. The van der Waals surface area contributed by atoms with Gasteiger partial charge >= 0.3 is 0 Å². The number of thiocarbonyl (C=S) groups is 1. The molecule has 4 fully saturated rings. The summed E-state index contributed by atoms with van der Waals surface area (Å²) in [4.78, 5) is 0. The average molecular weight is 479 g/mol. The van der Waals surface area contributed by atoms with Crippen LogP contribution < -0.4 is 0 Å². The first-order valence-electron chi connectivity index (χ1n) is 13.9. The second kappa shape index (κ2) is 10.1. The fourth-order valence-corrected chi connectivity index (χ4v) is 9.90. The minimum atomic E-state index is 0.376. The van der Waals surface area contributed by atoms with Crippen molar-refractivity contribution in [1.29, 1.82) is 0 Å². The molecule has 32 heavy (non-hydrogen) atoms. The van der Waals surface area contributed by atoms with Crippen LogP contribution in [0.15, 0.2) is 0 Å². The van der Waals surface area contributed by atoms with Crippen molar-refractivity contribution in [2.24, 2.45) is 52.3 Å². The molecule has 0 N–H and O–H groups in total.